The lowest BCUT2D eigenvalue weighted by molar-refractivity contribution is -0.135. The molecule has 56 heavy (non-hydrogen) atoms. The number of rotatable bonds is 13. The van der Waals surface area contributed by atoms with Gasteiger partial charge >= 0.3 is 11.4 Å². The smallest absolute Gasteiger partial charge is 0.404 e. The zero-order chi connectivity index (χ0) is 41.7. The van der Waals surface area contributed by atoms with Gasteiger partial charge in [0.2, 0.25) is 0 Å². The summed E-state index contributed by atoms with van der Waals surface area (Å²) in [5.74, 6) is 1.32. The lowest BCUT2D eigenvalue weighted by atomic mass is 9.93. The molecule has 0 aromatic heterocycles. The normalized spacial score (nSPS) is 11.8. The van der Waals surface area contributed by atoms with Crippen LogP contribution in [0.1, 0.15) is 90.5 Å². The van der Waals surface area contributed by atoms with Gasteiger partial charge in [0.1, 0.15) is 35.9 Å². The quantitative estimate of drug-likeness (QED) is 0.0439. The van der Waals surface area contributed by atoms with E-state index in [9.17, 15) is 9.59 Å². The molecule has 4 aromatic carbocycles. The van der Waals surface area contributed by atoms with E-state index >= 15 is 0 Å². The van der Waals surface area contributed by atoms with Crippen molar-refractivity contribution in [3.63, 3.8) is 0 Å². The summed E-state index contributed by atoms with van der Waals surface area (Å²) in [6.45, 7) is 23.7. The van der Waals surface area contributed by atoms with Gasteiger partial charge in [-0.15, -0.1) is 0 Å². The highest BCUT2D eigenvalue weighted by molar-refractivity contribution is 9.15. The first kappa shape index (κ1) is 47.3. The van der Waals surface area contributed by atoms with Gasteiger partial charge in [0, 0.05) is 16.1 Å². The Morgan fingerprint density at radius 3 is 1.34 bits per heavy atom. The minimum Gasteiger partial charge on any atom is -0.488 e. The van der Waals surface area contributed by atoms with Crippen LogP contribution in [0.4, 0.5) is 4.79 Å². The fourth-order valence-electron chi connectivity index (χ4n) is 5.28. The van der Waals surface area contributed by atoms with E-state index in [4.69, 9.17) is 25.8 Å². The van der Waals surface area contributed by atoms with E-state index in [2.05, 4.69) is 97.9 Å². The highest BCUT2D eigenvalue weighted by atomic mass is 79.9. The van der Waals surface area contributed by atoms with Gasteiger partial charge in [-0.2, -0.15) is 0 Å². The van der Waals surface area contributed by atoms with Crippen LogP contribution in [-0.4, -0.2) is 35.8 Å². The first-order chi connectivity index (χ1) is 26.5. The third kappa shape index (κ3) is 17.3. The molecule has 0 saturated heterocycles. The summed E-state index contributed by atoms with van der Waals surface area (Å²) in [6, 6.07) is 36.3. The van der Waals surface area contributed by atoms with Crippen molar-refractivity contribution in [1.29, 1.82) is 0 Å². The number of esters is 1. The highest BCUT2D eigenvalue weighted by Gasteiger charge is 2.20. The number of carbonyl (C=O) groups excluding carboxylic acids is 2. The Bertz CT molecular complexity index is 1880. The summed E-state index contributed by atoms with van der Waals surface area (Å²) in [7, 11) is 0. The van der Waals surface area contributed by atoms with Gasteiger partial charge in [0.25, 0.3) is 0 Å². The SMILES string of the molecule is C=CCOC(=O)C(=C(CC)c1ccccc1)c1ccc(OC(C)(C)C)cc1.C=CCOC(=O)Cl.CCC(=C(Br)c1ccc(OC(C)(C)C)cc1)c1ccccc1. The minimum absolute atomic E-state index is 0.173. The van der Waals surface area contributed by atoms with Crippen LogP contribution >= 0.6 is 27.5 Å². The lowest BCUT2D eigenvalue weighted by Crippen LogP contribution is -2.22. The second kappa shape index (κ2) is 23.9. The van der Waals surface area contributed by atoms with E-state index < -0.39 is 5.43 Å². The Labute approximate surface area is 348 Å². The van der Waals surface area contributed by atoms with Gasteiger partial charge in [-0.1, -0.05) is 124 Å². The number of carbonyl (C=O) groups is 2. The lowest BCUT2D eigenvalue weighted by Gasteiger charge is -2.21. The van der Waals surface area contributed by atoms with Crippen molar-refractivity contribution in [2.75, 3.05) is 13.2 Å². The van der Waals surface area contributed by atoms with Gasteiger partial charge in [0.15, 0.2) is 0 Å². The predicted molar refractivity (Wildman–Crippen MR) is 238 cm³/mol. The second-order valence-corrected chi connectivity index (χ2v) is 15.4. The zero-order valence-corrected chi connectivity index (χ0v) is 36.3. The summed E-state index contributed by atoms with van der Waals surface area (Å²) < 4.78 is 22.5. The molecule has 0 fully saturated rings. The van der Waals surface area contributed by atoms with Crippen molar-refractivity contribution >= 4 is 60.1 Å². The first-order valence-electron chi connectivity index (χ1n) is 18.6. The van der Waals surface area contributed by atoms with Gasteiger partial charge in [-0.05, 0) is 128 Å². The Hall–Kier alpha value is -4.85. The van der Waals surface area contributed by atoms with Crippen molar-refractivity contribution in [1.82, 2.24) is 0 Å². The summed E-state index contributed by atoms with van der Waals surface area (Å²) in [4.78, 5) is 22.5. The number of hydrogen-bond donors (Lipinski definition) is 0. The zero-order valence-electron chi connectivity index (χ0n) is 34.0. The molecule has 0 unspecified atom stereocenters. The largest absolute Gasteiger partial charge is 0.488 e. The molecule has 0 aliphatic heterocycles. The summed E-state index contributed by atoms with van der Waals surface area (Å²) >= 11 is 8.52. The number of hydrogen-bond acceptors (Lipinski definition) is 6. The Morgan fingerprint density at radius 2 is 0.982 bits per heavy atom. The third-order valence-corrected chi connectivity index (χ3v) is 8.51. The van der Waals surface area contributed by atoms with Crippen LogP contribution in [0.25, 0.3) is 21.2 Å². The fourth-order valence-corrected chi connectivity index (χ4v) is 6.11. The molecule has 4 aromatic rings. The van der Waals surface area contributed by atoms with E-state index in [0.29, 0.717) is 12.0 Å². The molecule has 0 aliphatic rings. The number of ether oxygens (including phenoxy) is 4. The molecule has 0 bridgehead atoms. The average Bonchev–Trinajstić information content (AvgIpc) is 3.16. The highest BCUT2D eigenvalue weighted by Crippen LogP contribution is 2.35. The molecule has 0 atom stereocenters. The van der Waals surface area contributed by atoms with Gasteiger partial charge < -0.3 is 18.9 Å². The maximum atomic E-state index is 12.8. The minimum atomic E-state index is -0.792. The Balaban J connectivity index is 0.000000335. The van der Waals surface area contributed by atoms with Gasteiger partial charge in [0.05, 0.1) is 5.57 Å². The summed E-state index contributed by atoms with van der Waals surface area (Å²) in [5.41, 5.74) is 5.85. The topological polar surface area (TPSA) is 71.1 Å². The predicted octanol–water partition coefficient (Wildman–Crippen LogP) is 14.0. The van der Waals surface area contributed by atoms with Crippen molar-refractivity contribution in [2.45, 2.75) is 79.4 Å². The second-order valence-electron chi connectivity index (χ2n) is 14.3. The summed E-state index contributed by atoms with van der Waals surface area (Å²) in [6.07, 6.45) is 4.71. The monoisotopic (exact) mass is 842 g/mol. The average molecular weight is 844 g/mol. The molecule has 0 saturated carbocycles. The molecular weight excluding hydrogens is 788 g/mol. The molecule has 6 nitrogen and oxygen atoms in total. The fraction of sp³-hybridized carbons (Fsp3) is 0.292. The Morgan fingerprint density at radius 1 is 0.589 bits per heavy atom. The number of halogens is 2. The van der Waals surface area contributed by atoms with Crippen molar-refractivity contribution in [3.8, 4) is 11.5 Å². The van der Waals surface area contributed by atoms with E-state index in [0.717, 1.165) is 39.1 Å². The van der Waals surface area contributed by atoms with Crippen LogP contribution in [0.15, 0.2) is 135 Å². The van der Waals surface area contributed by atoms with Gasteiger partial charge in [-0.3, -0.25) is 0 Å². The molecule has 0 aliphatic carbocycles. The van der Waals surface area contributed by atoms with Crippen molar-refractivity contribution in [2.24, 2.45) is 0 Å². The van der Waals surface area contributed by atoms with Crippen molar-refractivity contribution < 1.29 is 28.5 Å². The third-order valence-electron chi connectivity index (χ3n) is 7.47. The number of allylic oxidation sites excluding steroid dienone is 2. The van der Waals surface area contributed by atoms with Crippen LogP contribution in [0.3, 0.4) is 0 Å². The maximum absolute atomic E-state index is 12.8. The standard InChI is InChI=1S/C24H28O3.C20H23BrO.C4H5ClO2/c1-6-17-26-23(25)22(21(7-2)18-11-9-8-10-12-18)19-13-15-20(16-14-19)27-24(3,4)5;1-5-18(15-9-7-6-8-10-15)19(21)16-11-13-17(14-12-16)22-20(2,3)4;1-2-3-7-4(5)6/h6,8-16H,1,7,17H2,2-5H3;6-14H,5H2,1-4H3;2H,1,3H2. The molecule has 0 radical (unpaired) electrons. The van der Waals surface area contributed by atoms with E-state index in [1.165, 1.54) is 22.8 Å². The maximum Gasteiger partial charge on any atom is 0.404 e. The summed E-state index contributed by atoms with van der Waals surface area (Å²) in [5, 5.41) is 0. The first-order valence-corrected chi connectivity index (χ1v) is 19.7. The molecule has 298 valence electrons. The molecular formula is C48H56BrClO6. The van der Waals surface area contributed by atoms with Crippen LogP contribution in [-0.2, 0) is 14.3 Å². The molecule has 0 spiro atoms. The van der Waals surface area contributed by atoms with Crippen LogP contribution in [0, 0.1) is 0 Å². The van der Waals surface area contributed by atoms with E-state index in [1.807, 2.05) is 100 Å². The molecule has 0 amide bonds. The van der Waals surface area contributed by atoms with Crippen LogP contribution in [0.2, 0.25) is 0 Å². The molecule has 0 N–H and O–H groups in total. The van der Waals surface area contributed by atoms with Crippen LogP contribution in [0.5, 0.6) is 11.5 Å². The molecule has 8 heteroatoms. The van der Waals surface area contributed by atoms with E-state index in [1.54, 1.807) is 6.08 Å². The number of benzene rings is 4. The molecule has 0 heterocycles. The van der Waals surface area contributed by atoms with Crippen LogP contribution < -0.4 is 9.47 Å². The van der Waals surface area contributed by atoms with E-state index in [-0.39, 0.29) is 30.4 Å². The van der Waals surface area contributed by atoms with Crippen molar-refractivity contribution in [3.05, 3.63) is 157 Å². The molecule has 4 rings (SSSR count). The Kier molecular flexibility index (Phi) is 20.2. The van der Waals surface area contributed by atoms with Gasteiger partial charge in [-0.25, -0.2) is 9.59 Å².